The van der Waals surface area contributed by atoms with E-state index >= 15 is 0 Å². The molecule has 0 bridgehead atoms. The van der Waals surface area contributed by atoms with E-state index in [2.05, 4.69) is 23.9 Å². The van der Waals surface area contributed by atoms with Crippen molar-refractivity contribution in [3.05, 3.63) is 67.9 Å². The van der Waals surface area contributed by atoms with Crippen molar-refractivity contribution in [1.29, 1.82) is 0 Å². The number of benzene rings is 2. The van der Waals surface area contributed by atoms with Gasteiger partial charge < -0.3 is 9.47 Å². The van der Waals surface area contributed by atoms with Crippen molar-refractivity contribution >= 4 is 34.0 Å². The summed E-state index contributed by atoms with van der Waals surface area (Å²) in [4.78, 5) is 17.8. The topological polar surface area (TPSA) is 65.7 Å². The number of ether oxygens (including phenoxy) is 2. The number of hydrogen-bond acceptors (Lipinski definition) is 6. The minimum absolute atomic E-state index is 0.213. The monoisotopic (exact) mass is 441 g/mol. The summed E-state index contributed by atoms with van der Waals surface area (Å²) in [5.74, 6) is 2.19. The van der Waals surface area contributed by atoms with Gasteiger partial charge in [0.2, 0.25) is 4.96 Å². The largest absolute Gasteiger partial charge is 0.493 e. The van der Waals surface area contributed by atoms with E-state index in [0.29, 0.717) is 44.4 Å². The van der Waals surface area contributed by atoms with Crippen LogP contribution in [0.3, 0.4) is 0 Å². The molecular weight excluding hydrogens is 422 g/mol. The highest BCUT2D eigenvalue weighted by Gasteiger charge is 2.13. The molecule has 0 radical (unpaired) electrons. The molecule has 0 atom stereocenters. The third-order valence-corrected chi connectivity index (χ3v) is 5.52. The number of hydrogen-bond donors (Lipinski definition) is 0. The molecule has 2 heterocycles. The van der Waals surface area contributed by atoms with Crippen LogP contribution in [0.4, 0.5) is 0 Å². The van der Waals surface area contributed by atoms with Crippen LogP contribution in [0, 0.1) is 5.92 Å². The van der Waals surface area contributed by atoms with Gasteiger partial charge in [0.15, 0.2) is 17.3 Å². The smallest absolute Gasteiger partial charge is 0.291 e. The van der Waals surface area contributed by atoms with Crippen LogP contribution in [0.25, 0.3) is 22.4 Å². The Labute approximate surface area is 182 Å². The average molecular weight is 442 g/mol. The van der Waals surface area contributed by atoms with Gasteiger partial charge in [-0.05, 0) is 41.8 Å². The molecule has 30 heavy (non-hydrogen) atoms. The lowest BCUT2D eigenvalue weighted by atomic mass is 10.2. The summed E-state index contributed by atoms with van der Waals surface area (Å²) in [6, 6.07) is 12.8. The fourth-order valence-electron chi connectivity index (χ4n) is 2.88. The third kappa shape index (κ3) is 4.17. The van der Waals surface area contributed by atoms with Gasteiger partial charge in [0.1, 0.15) is 0 Å². The number of rotatable bonds is 6. The molecule has 8 heteroatoms. The van der Waals surface area contributed by atoms with Gasteiger partial charge in [0.05, 0.1) is 18.2 Å². The van der Waals surface area contributed by atoms with Crippen molar-refractivity contribution in [3.8, 4) is 22.9 Å². The number of nitrogens with zero attached hydrogens (tertiary/aromatic N) is 3. The first-order valence-electron chi connectivity index (χ1n) is 9.42. The van der Waals surface area contributed by atoms with E-state index in [1.807, 2.05) is 30.3 Å². The van der Waals surface area contributed by atoms with E-state index in [-0.39, 0.29) is 5.56 Å². The number of methoxy groups -OCH3 is 1. The fraction of sp³-hybridized carbons (Fsp3) is 0.227. The van der Waals surface area contributed by atoms with Crippen LogP contribution in [0.5, 0.6) is 11.5 Å². The van der Waals surface area contributed by atoms with Gasteiger partial charge in [-0.25, -0.2) is 0 Å². The van der Waals surface area contributed by atoms with Crippen molar-refractivity contribution in [2.75, 3.05) is 13.7 Å². The summed E-state index contributed by atoms with van der Waals surface area (Å²) in [5.41, 5.74) is 1.39. The molecule has 0 aliphatic rings. The third-order valence-electron chi connectivity index (χ3n) is 4.32. The molecule has 4 rings (SSSR count). The molecule has 0 N–H and O–H groups in total. The minimum atomic E-state index is -0.213. The van der Waals surface area contributed by atoms with Crippen molar-refractivity contribution in [1.82, 2.24) is 14.6 Å². The summed E-state index contributed by atoms with van der Waals surface area (Å²) in [5, 5.41) is 4.95. The van der Waals surface area contributed by atoms with E-state index in [1.165, 1.54) is 15.9 Å². The van der Waals surface area contributed by atoms with Gasteiger partial charge in [-0.1, -0.05) is 55.0 Å². The van der Waals surface area contributed by atoms with Crippen LogP contribution < -0.4 is 19.6 Å². The standard InChI is InChI=1S/C22H20ClN3O3S/c1-13(2)12-29-17-8-7-14(9-18(17)28-3)10-19-21(27)26-22(30-19)24-20(25-26)15-5-4-6-16(23)11-15/h4-11,13H,12H2,1-3H3. The molecule has 2 aromatic carbocycles. The zero-order valence-corrected chi connectivity index (χ0v) is 18.3. The molecule has 0 fully saturated rings. The second kappa shape index (κ2) is 8.45. The van der Waals surface area contributed by atoms with Crippen molar-refractivity contribution < 1.29 is 9.47 Å². The van der Waals surface area contributed by atoms with E-state index < -0.39 is 0 Å². The molecule has 0 saturated heterocycles. The van der Waals surface area contributed by atoms with Gasteiger partial charge in [0.25, 0.3) is 5.56 Å². The molecule has 4 aromatic rings. The quantitative estimate of drug-likeness (QED) is 0.451. The Morgan fingerprint density at radius 1 is 1.20 bits per heavy atom. The predicted molar refractivity (Wildman–Crippen MR) is 120 cm³/mol. The van der Waals surface area contributed by atoms with Crippen LogP contribution >= 0.6 is 22.9 Å². The van der Waals surface area contributed by atoms with Crippen LogP contribution in [0.2, 0.25) is 5.02 Å². The summed E-state index contributed by atoms with van der Waals surface area (Å²) < 4.78 is 13.1. The van der Waals surface area contributed by atoms with Gasteiger partial charge in [-0.15, -0.1) is 5.10 Å². The van der Waals surface area contributed by atoms with Gasteiger partial charge >= 0.3 is 0 Å². The maximum Gasteiger partial charge on any atom is 0.291 e. The Morgan fingerprint density at radius 2 is 2.03 bits per heavy atom. The van der Waals surface area contributed by atoms with E-state index in [1.54, 1.807) is 25.3 Å². The Morgan fingerprint density at radius 3 is 2.73 bits per heavy atom. The molecule has 0 aliphatic heterocycles. The molecular formula is C22H20ClN3O3S. The van der Waals surface area contributed by atoms with Crippen molar-refractivity contribution in [3.63, 3.8) is 0 Å². The Balaban J connectivity index is 1.68. The van der Waals surface area contributed by atoms with Gasteiger partial charge in [0, 0.05) is 10.6 Å². The molecule has 0 unspecified atom stereocenters. The highest BCUT2D eigenvalue weighted by molar-refractivity contribution is 7.15. The summed E-state index contributed by atoms with van der Waals surface area (Å²) in [6.45, 7) is 4.78. The lowest BCUT2D eigenvalue weighted by Gasteiger charge is -2.12. The van der Waals surface area contributed by atoms with Gasteiger partial charge in [-0.2, -0.15) is 9.50 Å². The molecule has 0 aliphatic carbocycles. The average Bonchev–Trinajstić information content (AvgIpc) is 3.26. The maximum absolute atomic E-state index is 12.8. The highest BCUT2D eigenvalue weighted by Crippen LogP contribution is 2.29. The van der Waals surface area contributed by atoms with Crippen molar-refractivity contribution in [2.45, 2.75) is 13.8 Å². The summed E-state index contributed by atoms with van der Waals surface area (Å²) in [7, 11) is 1.60. The van der Waals surface area contributed by atoms with E-state index in [4.69, 9.17) is 21.1 Å². The molecule has 0 saturated carbocycles. The summed E-state index contributed by atoms with van der Waals surface area (Å²) in [6.07, 6.45) is 1.80. The number of halogens is 1. The second-order valence-electron chi connectivity index (χ2n) is 7.17. The normalized spacial score (nSPS) is 12.1. The molecule has 2 aromatic heterocycles. The van der Waals surface area contributed by atoms with Crippen LogP contribution in [0.1, 0.15) is 19.4 Å². The molecule has 154 valence electrons. The first-order chi connectivity index (χ1) is 14.4. The Bertz CT molecular complexity index is 1310. The van der Waals surface area contributed by atoms with Crippen LogP contribution in [-0.4, -0.2) is 28.3 Å². The Hall–Kier alpha value is -2.90. The molecule has 0 spiro atoms. The highest BCUT2D eigenvalue weighted by atomic mass is 35.5. The lowest BCUT2D eigenvalue weighted by Crippen LogP contribution is -2.23. The van der Waals surface area contributed by atoms with Crippen molar-refractivity contribution in [2.24, 2.45) is 5.92 Å². The lowest BCUT2D eigenvalue weighted by molar-refractivity contribution is 0.257. The van der Waals surface area contributed by atoms with Crippen LogP contribution in [-0.2, 0) is 0 Å². The number of aromatic nitrogens is 3. The SMILES string of the molecule is COc1cc(C=c2sc3nc(-c4cccc(Cl)c4)nn3c2=O)ccc1OCC(C)C. The maximum atomic E-state index is 12.8. The minimum Gasteiger partial charge on any atom is -0.493 e. The van der Waals surface area contributed by atoms with E-state index in [0.717, 1.165) is 11.1 Å². The number of fused-ring (bicyclic) bond motifs is 1. The Kier molecular flexibility index (Phi) is 5.74. The zero-order chi connectivity index (χ0) is 21.3. The summed E-state index contributed by atoms with van der Waals surface area (Å²) >= 11 is 7.33. The molecule has 0 amide bonds. The first-order valence-corrected chi connectivity index (χ1v) is 10.6. The zero-order valence-electron chi connectivity index (χ0n) is 16.8. The van der Waals surface area contributed by atoms with Gasteiger partial charge in [-0.3, -0.25) is 4.79 Å². The second-order valence-corrected chi connectivity index (χ2v) is 8.62. The fourth-order valence-corrected chi connectivity index (χ4v) is 3.98. The molecule has 6 nitrogen and oxygen atoms in total. The van der Waals surface area contributed by atoms with E-state index in [9.17, 15) is 4.79 Å². The first kappa shape index (κ1) is 20.4. The number of thiazole rings is 1. The van der Waals surface area contributed by atoms with Crippen LogP contribution in [0.15, 0.2) is 47.3 Å². The predicted octanol–water partition coefficient (Wildman–Crippen LogP) is 4.06.